The predicted octanol–water partition coefficient (Wildman–Crippen LogP) is 3.52. The normalized spacial score (nSPS) is 13.9. The average molecular weight is 291 g/mol. The van der Waals surface area contributed by atoms with Crippen LogP contribution < -0.4 is 0 Å². The number of carbonyl (C=O) groups excluding carboxylic acids is 1. The summed E-state index contributed by atoms with van der Waals surface area (Å²) in [5, 5.41) is 13.8. The predicted molar refractivity (Wildman–Crippen MR) is 79.4 cm³/mol. The summed E-state index contributed by atoms with van der Waals surface area (Å²) in [7, 11) is 0. The van der Waals surface area contributed by atoms with Crippen LogP contribution in [0.1, 0.15) is 45.2 Å². The molecule has 6 nitrogen and oxygen atoms in total. The number of aliphatic hydroxyl groups is 1. The first-order valence-electron chi connectivity index (χ1n) is 6.82. The Morgan fingerprint density at radius 3 is 2.52 bits per heavy atom. The lowest BCUT2D eigenvalue weighted by Crippen LogP contribution is -2.25. The second kappa shape index (κ2) is 7.67. The molecule has 0 aliphatic heterocycles. The zero-order chi connectivity index (χ0) is 15.9. The van der Waals surface area contributed by atoms with Crippen LogP contribution in [0, 0.1) is 0 Å². The van der Waals surface area contributed by atoms with Gasteiger partial charge in [0.1, 0.15) is 5.60 Å². The Bertz CT molecular complexity index is 505. The lowest BCUT2D eigenvalue weighted by Gasteiger charge is -2.21. The van der Waals surface area contributed by atoms with Crippen LogP contribution >= 0.6 is 0 Å². The topological polar surface area (TPSA) is 95.3 Å². The second-order valence-electron chi connectivity index (χ2n) is 5.75. The molecule has 21 heavy (non-hydrogen) atoms. The molecule has 0 saturated carbocycles. The summed E-state index contributed by atoms with van der Waals surface area (Å²) < 4.78 is 5.18. The van der Waals surface area contributed by atoms with Crippen molar-refractivity contribution in [2.75, 3.05) is 0 Å². The van der Waals surface area contributed by atoms with Gasteiger partial charge in [-0.25, -0.2) is 0 Å². The summed E-state index contributed by atoms with van der Waals surface area (Å²) in [5.74, 6) is -0.380. The van der Waals surface area contributed by atoms with E-state index in [0.29, 0.717) is 5.56 Å². The molecule has 1 rings (SSSR count). The summed E-state index contributed by atoms with van der Waals surface area (Å²) in [6.07, 6.45) is -0.688. The van der Waals surface area contributed by atoms with Gasteiger partial charge in [-0.05, 0) is 38.3 Å². The molecule has 0 bridgehead atoms. The minimum Gasteiger partial charge on any atom is -0.460 e. The van der Waals surface area contributed by atoms with E-state index in [2.05, 4.69) is 10.0 Å². The molecular weight excluding hydrogens is 270 g/mol. The molecule has 0 aliphatic carbocycles. The lowest BCUT2D eigenvalue weighted by molar-refractivity contribution is -0.155. The molecule has 114 valence electrons. The molecule has 0 aliphatic rings. The molecule has 1 N–H and O–H groups in total. The van der Waals surface area contributed by atoms with Gasteiger partial charge in [0, 0.05) is 11.3 Å². The Kier molecular flexibility index (Phi) is 6.21. The van der Waals surface area contributed by atoms with Gasteiger partial charge in [0.25, 0.3) is 0 Å². The Balaban J connectivity index is 2.65. The Morgan fingerprint density at radius 1 is 1.38 bits per heavy atom. The molecule has 0 spiro atoms. The third kappa shape index (κ3) is 6.29. The first-order valence-corrected chi connectivity index (χ1v) is 6.82. The van der Waals surface area contributed by atoms with Crippen molar-refractivity contribution in [2.24, 2.45) is 5.11 Å². The molecule has 0 amide bonds. The smallest absolute Gasteiger partial charge is 0.306 e. The van der Waals surface area contributed by atoms with Gasteiger partial charge >= 0.3 is 5.97 Å². The number of nitrogens with zero attached hydrogens (tertiary/aromatic N) is 3. The third-order valence-corrected chi connectivity index (χ3v) is 2.75. The summed E-state index contributed by atoms with van der Waals surface area (Å²) in [5.41, 5.74) is 8.80. The molecule has 0 saturated heterocycles. The molecule has 0 heterocycles. The number of ether oxygens (including phenoxy) is 1. The van der Waals surface area contributed by atoms with Crippen molar-refractivity contribution < 1.29 is 14.6 Å². The van der Waals surface area contributed by atoms with Crippen molar-refractivity contribution in [3.8, 4) is 0 Å². The third-order valence-electron chi connectivity index (χ3n) is 2.75. The maximum Gasteiger partial charge on any atom is 0.306 e. The minimum absolute atomic E-state index is 0.0721. The van der Waals surface area contributed by atoms with Gasteiger partial charge in [-0.2, -0.15) is 0 Å². The van der Waals surface area contributed by atoms with Crippen molar-refractivity contribution >= 4 is 5.97 Å². The fourth-order valence-electron chi connectivity index (χ4n) is 1.89. The summed E-state index contributed by atoms with van der Waals surface area (Å²) in [6.45, 7) is 5.36. The number of benzene rings is 1. The second-order valence-corrected chi connectivity index (χ2v) is 5.75. The first-order chi connectivity index (χ1) is 9.83. The highest BCUT2D eigenvalue weighted by molar-refractivity contribution is 5.69. The van der Waals surface area contributed by atoms with E-state index in [1.165, 1.54) is 0 Å². The van der Waals surface area contributed by atoms with Crippen LogP contribution in [0.3, 0.4) is 0 Å². The van der Waals surface area contributed by atoms with Crippen LogP contribution in [0.2, 0.25) is 0 Å². The van der Waals surface area contributed by atoms with E-state index in [9.17, 15) is 9.90 Å². The number of aliphatic hydroxyl groups excluding tert-OH is 1. The number of rotatable bonds is 6. The average Bonchev–Trinajstić information content (AvgIpc) is 2.41. The van der Waals surface area contributed by atoms with E-state index in [4.69, 9.17) is 10.3 Å². The molecule has 0 fully saturated rings. The van der Waals surface area contributed by atoms with Crippen LogP contribution in [-0.4, -0.2) is 22.8 Å². The van der Waals surface area contributed by atoms with Crippen molar-refractivity contribution in [2.45, 2.75) is 51.4 Å². The number of azide groups is 1. The maximum atomic E-state index is 11.6. The maximum absolute atomic E-state index is 11.6. The quantitative estimate of drug-likeness (QED) is 0.376. The Hall–Kier alpha value is -2.04. The van der Waals surface area contributed by atoms with Crippen LogP contribution in [-0.2, 0) is 9.53 Å². The van der Waals surface area contributed by atoms with E-state index in [1.54, 1.807) is 45.0 Å². The van der Waals surface area contributed by atoms with Crippen molar-refractivity contribution in [1.82, 2.24) is 0 Å². The first kappa shape index (κ1) is 17.0. The van der Waals surface area contributed by atoms with Gasteiger partial charge < -0.3 is 9.84 Å². The highest BCUT2D eigenvalue weighted by Crippen LogP contribution is 2.24. The minimum atomic E-state index is -0.934. The monoisotopic (exact) mass is 291 g/mol. The van der Waals surface area contributed by atoms with E-state index in [-0.39, 0.29) is 18.8 Å². The Morgan fingerprint density at radius 2 is 2.00 bits per heavy atom. The molecular formula is C15H21N3O3. The zero-order valence-corrected chi connectivity index (χ0v) is 12.6. The number of hydrogen-bond donors (Lipinski definition) is 1. The van der Waals surface area contributed by atoms with Gasteiger partial charge in [-0.3, -0.25) is 4.79 Å². The van der Waals surface area contributed by atoms with Crippen LogP contribution in [0.5, 0.6) is 0 Å². The molecule has 0 radical (unpaired) electrons. The Labute approximate surface area is 124 Å². The van der Waals surface area contributed by atoms with Gasteiger partial charge in [0.2, 0.25) is 0 Å². The number of esters is 1. The zero-order valence-electron chi connectivity index (χ0n) is 12.6. The summed E-state index contributed by atoms with van der Waals surface area (Å²) in [4.78, 5) is 14.4. The van der Waals surface area contributed by atoms with Crippen molar-refractivity contribution in [3.05, 3.63) is 46.3 Å². The van der Waals surface area contributed by atoms with Crippen molar-refractivity contribution in [3.63, 3.8) is 0 Å². The van der Waals surface area contributed by atoms with Gasteiger partial charge in [0.15, 0.2) is 0 Å². The SMILES string of the molecule is CC(C)(C)OC(=O)CC[C@@H](O)[C@@H](N=[N+]=[N-])c1ccccc1. The molecule has 1 aromatic carbocycles. The largest absolute Gasteiger partial charge is 0.460 e. The van der Waals surface area contributed by atoms with Crippen LogP contribution in [0.15, 0.2) is 35.4 Å². The van der Waals surface area contributed by atoms with Crippen LogP contribution in [0.4, 0.5) is 0 Å². The van der Waals surface area contributed by atoms with E-state index in [0.717, 1.165) is 0 Å². The summed E-state index contributed by atoms with van der Waals surface area (Å²) in [6, 6.07) is 8.28. The molecule has 0 aromatic heterocycles. The van der Waals surface area contributed by atoms with Gasteiger partial charge in [-0.1, -0.05) is 35.4 Å². The molecule has 6 heteroatoms. The molecule has 1 aromatic rings. The fourth-order valence-corrected chi connectivity index (χ4v) is 1.89. The highest BCUT2D eigenvalue weighted by atomic mass is 16.6. The van der Waals surface area contributed by atoms with E-state index >= 15 is 0 Å². The highest BCUT2D eigenvalue weighted by Gasteiger charge is 2.22. The fraction of sp³-hybridized carbons (Fsp3) is 0.533. The standard InChI is InChI=1S/C15H21N3O3/c1-15(2,3)21-13(20)10-9-12(19)14(17-18-16)11-7-5-4-6-8-11/h4-8,12,14,19H,9-10H2,1-3H3/t12-,14+/m1/s1. The van der Waals surface area contributed by atoms with Gasteiger partial charge in [-0.15, -0.1) is 0 Å². The molecule has 2 atom stereocenters. The van der Waals surface area contributed by atoms with E-state index < -0.39 is 17.7 Å². The van der Waals surface area contributed by atoms with Crippen LogP contribution in [0.25, 0.3) is 10.4 Å². The summed E-state index contributed by atoms with van der Waals surface area (Å²) >= 11 is 0. The molecule has 0 unspecified atom stereocenters. The number of hydrogen-bond acceptors (Lipinski definition) is 4. The number of carbonyl (C=O) groups is 1. The lowest BCUT2D eigenvalue weighted by atomic mass is 9.99. The van der Waals surface area contributed by atoms with E-state index in [1.807, 2.05) is 6.07 Å². The van der Waals surface area contributed by atoms with Crippen molar-refractivity contribution in [1.29, 1.82) is 0 Å². The van der Waals surface area contributed by atoms with Gasteiger partial charge in [0.05, 0.1) is 12.1 Å².